The number of carbonyl (C=O) groups is 1. The summed E-state index contributed by atoms with van der Waals surface area (Å²) in [6.07, 6.45) is 2.95. The van der Waals surface area contributed by atoms with Crippen LogP contribution >= 0.6 is 0 Å². The molecule has 2 heteroatoms. The summed E-state index contributed by atoms with van der Waals surface area (Å²) in [6.45, 7) is 6.34. The number of benzene rings is 1. The van der Waals surface area contributed by atoms with Gasteiger partial charge in [0.15, 0.2) is 0 Å². The van der Waals surface area contributed by atoms with E-state index in [0.29, 0.717) is 0 Å². The van der Waals surface area contributed by atoms with Crippen molar-refractivity contribution < 1.29 is 9.53 Å². The maximum Gasteiger partial charge on any atom is 0.316 e. The van der Waals surface area contributed by atoms with Gasteiger partial charge in [-0.1, -0.05) is 18.6 Å². The summed E-state index contributed by atoms with van der Waals surface area (Å²) < 4.78 is 5.00. The van der Waals surface area contributed by atoms with E-state index >= 15 is 0 Å². The first-order chi connectivity index (χ1) is 8.03. The standard InChI is InChI=1S/C15H20O2/c1-10-6-7-13(12(3)11(10)2)15(8-5-9-15)14(16)17-4/h6-7H,5,8-9H2,1-4H3. The Morgan fingerprint density at radius 3 is 2.29 bits per heavy atom. The van der Waals surface area contributed by atoms with Gasteiger partial charge in [0.25, 0.3) is 0 Å². The van der Waals surface area contributed by atoms with Gasteiger partial charge in [-0.3, -0.25) is 4.79 Å². The summed E-state index contributed by atoms with van der Waals surface area (Å²) >= 11 is 0. The number of aryl methyl sites for hydroxylation is 1. The molecule has 1 aromatic carbocycles. The zero-order valence-corrected chi connectivity index (χ0v) is 11.1. The average Bonchev–Trinajstić information content (AvgIpc) is 2.27. The lowest BCUT2D eigenvalue weighted by Crippen LogP contribution is -2.43. The van der Waals surface area contributed by atoms with Crippen LogP contribution in [0.1, 0.15) is 41.5 Å². The minimum atomic E-state index is -0.364. The molecule has 2 nitrogen and oxygen atoms in total. The summed E-state index contributed by atoms with van der Waals surface area (Å²) in [6, 6.07) is 4.22. The van der Waals surface area contributed by atoms with Crippen molar-refractivity contribution >= 4 is 5.97 Å². The number of methoxy groups -OCH3 is 1. The largest absolute Gasteiger partial charge is 0.468 e. The van der Waals surface area contributed by atoms with Gasteiger partial charge >= 0.3 is 5.97 Å². The quantitative estimate of drug-likeness (QED) is 0.732. The monoisotopic (exact) mass is 232 g/mol. The van der Waals surface area contributed by atoms with Crippen LogP contribution in [0.25, 0.3) is 0 Å². The molecule has 17 heavy (non-hydrogen) atoms. The lowest BCUT2D eigenvalue weighted by molar-refractivity contribution is -0.151. The van der Waals surface area contributed by atoms with E-state index in [0.717, 1.165) is 19.3 Å². The predicted octanol–water partition coefficient (Wildman–Crippen LogP) is 3.21. The molecule has 92 valence electrons. The lowest BCUT2D eigenvalue weighted by atomic mass is 9.63. The molecule has 0 spiro atoms. The van der Waals surface area contributed by atoms with Gasteiger partial charge in [0.05, 0.1) is 12.5 Å². The molecule has 0 unspecified atom stereocenters. The van der Waals surface area contributed by atoms with Crippen LogP contribution in [0.2, 0.25) is 0 Å². The van der Waals surface area contributed by atoms with E-state index in [1.54, 1.807) is 0 Å². The fourth-order valence-electron chi connectivity index (χ4n) is 2.78. The lowest BCUT2D eigenvalue weighted by Gasteiger charge is -2.40. The summed E-state index contributed by atoms with van der Waals surface area (Å²) in [5, 5.41) is 0. The second kappa shape index (κ2) is 4.17. The Hall–Kier alpha value is -1.31. The molecule has 0 amide bonds. The van der Waals surface area contributed by atoms with Crippen molar-refractivity contribution in [3.05, 3.63) is 34.4 Å². The third-order valence-electron chi connectivity index (χ3n) is 4.36. The summed E-state index contributed by atoms with van der Waals surface area (Å²) in [5.41, 5.74) is 4.62. The summed E-state index contributed by atoms with van der Waals surface area (Å²) in [7, 11) is 1.48. The number of ether oxygens (including phenoxy) is 1. The van der Waals surface area contributed by atoms with Crippen LogP contribution in [0.3, 0.4) is 0 Å². The number of rotatable bonds is 2. The molecule has 0 bridgehead atoms. The molecule has 0 aromatic heterocycles. The Labute approximate surface area is 103 Å². The van der Waals surface area contributed by atoms with Crippen molar-refractivity contribution in [1.82, 2.24) is 0 Å². The molecule has 2 rings (SSSR count). The maximum absolute atomic E-state index is 12.0. The van der Waals surface area contributed by atoms with E-state index < -0.39 is 0 Å². The molecule has 0 atom stereocenters. The molecule has 0 N–H and O–H groups in total. The fraction of sp³-hybridized carbons (Fsp3) is 0.533. The Bertz CT molecular complexity index is 456. The first-order valence-corrected chi connectivity index (χ1v) is 6.18. The van der Waals surface area contributed by atoms with Gasteiger partial charge in [-0.2, -0.15) is 0 Å². The van der Waals surface area contributed by atoms with Crippen LogP contribution in [0.5, 0.6) is 0 Å². The van der Waals surface area contributed by atoms with Gasteiger partial charge in [0.1, 0.15) is 0 Å². The molecule has 0 saturated heterocycles. The summed E-state index contributed by atoms with van der Waals surface area (Å²) in [4.78, 5) is 12.0. The van der Waals surface area contributed by atoms with E-state index in [-0.39, 0.29) is 11.4 Å². The van der Waals surface area contributed by atoms with Gasteiger partial charge in [0.2, 0.25) is 0 Å². The Morgan fingerprint density at radius 1 is 1.18 bits per heavy atom. The van der Waals surface area contributed by atoms with Crippen LogP contribution in [-0.4, -0.2) is 13.1 Å². The van der Waals surface area contributed by atoms with Gasteiger partial charge in [-0.15, -0.1) is 0 Å². The van der Waals surface area contributed by atoms with Crippen molar-refractivity contribution in [2.45, 2.75) is 45.4 Å². The number of carbonyl (C=O) groups excluding carboxylic acids is 1. The van der Waals surface area contributed by atoms with Crippen molar-refractivity contribution in [2.24, 2.45) is 0 Å². The number of hydrogen-bond donors (Lipinski definition) is 0. The molecule has 1 aliphatic carbocycles. The van der Waals surface area contributed by atoms with Crippen LogP contribution < -0.4 is 0 Å². The molecule has 0 heterocycles. The van der Waals surface area contributed by atoms with Crippen molar-refractivity contribution in [2.75, 3.05) is 7.11 Å². The van der Waals surface area contributed by atoms with E-state index in [2.05, 4.69) is 32.9 Å². The first kappa shape index (κ1) is 12.2. The molecular weight excluding hydrogens is 212 g/mol. The Balaban J connectivity index is 2.52. The predicted molar refractivity (Wildman–Crippen MR) is 68.2 cm³/mol. The highest BCUT2D eigenvalue weighted by molar-refractivity contribution is 5.85. The average molecular weight is 232 g/mol. The highest BCUT2D eigenvalue weighted by Crippen LogP contribution is 2.46. The Morgan fingerprint density at radius 2 is 1.82 bits per heavy atom. The topological polar surface area (TPSA) is 26.3 Å². The zero-order valence-electron chi connectivity index (χ0n) is 11.1. The van der Waals surface area contributed by atoms with Crippen LogP contribution in [-0.2, 0) is 14.9 Å². The van der Waals surface area contributed by atoms with E-state index in [4.69, 9.17) is 4.74 Å². The van der Waals surface area contributed by atoms with Crippen LogP contribution in [0.15, 0.2) is 12.1 Å². The van der Waals surface area contributed by atoms with Crippen LogP contribution in [0, 0.1) is 20.8 Å². The highest BCUT2D eigenvalue weighted by Gasteiger charge is 2.47. The number of hydrogen-bond acceptors (Lipinski definition) is 2. The Kier molecular flexibility index (Phi) is 2.98. The third-order valence-corrected chi connectivity index (χ3v) is 4.36. The van der Waals surface area contributed by atoms with Gasteiger partial charge in [0, 0.05) is 0 Å². The third kappa shape index (κ3) is 1.67. The zero-order chi connectivity index (χ0) is 12.6. The SMILES string of the molecule is COC(=O)C1(c2ccc(C)c(C)c2C)CCC1. The van der Waals surface area contributed by atoms with E-state index in [1.165, 1.54) is 29.4 Å². The van der Waals surface area contributed by atoms with Crippen molar-refractivity contribution in [3.63, 3.8) is 0 Å². The molecule has 1 saturated carbocycles. The van der Waals surface area contributed by atoms with E-state index in [1.807, 2.05) is 0 Å². The highest BCUT2D eigenvalue weighted by atomic mass is 16.5. The molecule has 1 aromatic rings. The van der Waals surface area contributed by atoms with Gasteiger partial charge in [-0.05, 0) is 55.9 Å². The fourth-order valence-corrected chi connectivity index (χ4v) is 2.78. The molecular formula is C15H20O2. The van der Waals surface area contributed by atoms with E-state index in [9.17, 15) is 4.79 Å². The second-order valence-corrected chi connectivity index (χ2v) is 5.11. The van der Waals surface area contributed by atoms with Gasteiger partial charge < -0.3 is 4.74 Å². The minimum absolute atomic E-state index is 0.0740. The second-order valence-electron chi connectivity index (χ2n) is 5.11. The molecule has 1 fully saturated rings. The molecule has 0 radical (unpaired) electrons. The van der Waals surface area contributed by atoms with Crippen molar-refractivity contribution in [1.29, 1.82) is 0 Å². The van der Waals surface area contributed by atoms with Crippen molar-refractivity contribution in [3.8, 4) is 0 Å². The maximum atomic E-state index is 12.0. The smallest absolute Gasteiger partial charge is 0.316 e. The molecule has 1 aliphatic rings. The minimum Gasteiger partial charge on any atom is -0.468 e. The number of esters is 1. The molecule has 0 aliphatic heterocycles. The normalized spacial score (nSPS) is 17.4. The van der Waals surface area contributed by atoms with Gasteiger partial charge in [-0.25, -0.2) is 0 Å². The summed E-state index contributed by atoms with van der Waals surface area (Å²) in [5.74, 6) is -0.0740. The van der Waals surface area contributed by atoms with Crippen LogP contribution in [0.4, 0.5) is 0 Å². The first-order valence-electron chi connectivity index (χ1n) is 6.18.